The smallest absolute Gasteiger partial charge is 0.240 e. The summed E-state index contributed by atoms with van der Waals surface area (Å²) in [5.74, 6) is -0.202. The van der Waals surface area contributed by atoms with Crippen LogP contribution in [0.1, 0.15) is 12.0 Å². The summed E-state index contributed by atoms with van der Waals surface area (Å²) in [7, 11) is 5.53. The topological polar surface area (TPSA) is 40.6 Å². The van der Waals surface area contributed by atoms with Crippen LogP contribution >= 0.6 is 0 Å². The van der Waals surface area contributed by atoms with Crippen molar-refractivity contribution in [2.45, 2.75) is 11.8 Å². The van der Waals surface area contributed by atoms with Crippen LogP contribution in [0.5, 0.6) is 0 Å². The van der Waals surface area contributed by atoms with Gasteiger partial charge in [-0.25, -0.2) is 0 Å². The van der Waals surface area contributed by atoms with Gasteiger partial charge in [-0.15, -0.1) is 0 Å². The highest BCUT2D eigenvalue weighted by molar-refractivity contribution is 6.14. The Morgan fingerprint density at radius 2 is 1.83 bits per heavy atom. The van der Waals surface area contributed by atoms with E-state index in [0.717, 1.165) is 11.3 Å². The number of likely N-dealkylation sites (N-methyl/N-ethyl adjacent to an activating group) is 1. The maximum Gasteiger partial charge on any atom is 0.240 e. The summed E-state index contributed by atoms with van der Waals surface area (Å²) in [6.07, 6.45) is 0.677. The van der Waals surface area contributed by atoms with Gasteiger partial charge in [0.15, 0.2) is 0 Å². The van der Waals surface area contributed by atoms with Crippen LogP contribution in [0.4, 0.5) is 5.69 Å². The Kier molecular flexibility index (Phi) is 2.09. The van der Waals surface area contributed by atoms with E-state index in [4.69, 9.17) is 0 Å². The summed E-state index contributed by atoms with van der Waals surface area (Å²) in [6, 6.07) is 7.93. The van der Waals surface area contributed by atoms with Gasteiger partial charge in [0, 0.05) is 26.8 Å². The standard InChI is InChI=1S/C14H16N2O2/c1-15(2)10-6-4-9(5-7-10)14-8-11(14)12(17)16(3)13(14)18/h4-7,11H,8H2,1-3H3. The van der Waals surface area contributed by atoms with Crippen molar-refractivity contribution in [2.24, 2.45) is 5.92 Å². The molecule has 4 nitrogen and oxygen atoms in total. The fourth-order valence-electron chi connectivity index (χ4n) is 2.93. The second kappa shape index (κ2) is 3.34. The summed E-state index contributed by atoms with van der Waals surface area (Å²) in [5.41, 5.74) is 1.52. The zero-order valence-electron chi connectivity index (χ0n) is 10.8. The van der Waals surface area contributed by atoms with Crippen LogP contribution in [0.2, 0.25) is 0 Å². The van der Waals surface area contributed by atoms with Crippen molar-refractivity contribution < 1.29 is 9.59 Å². The molecule has 0 N–H and O–H groups in total. The summed E-state index contributed by atoms with van der Waals surface area (Å²) < 4.78 is 0. The number of rotatable bonds is 2. The molecule has 0 spiro atoms. The third kappa shape index (κ3) is 1.20. The highest BCUT2D eigenvalue weighted by Gasteiger charge is 2.71. The molecule has 18 heavy (non-hydrogen) atoms. The van der Waals surface area contributed by atoms with Crippen molar-refractivity contribution in [3.63, 3.8) is 0 Å². The van der Waals surface area contributed by atoms with E-state index in [0.29, 0.717) is 6.42 Å². The second-order valence-corrected chi connectivity index (χ2v) is 5.37. The number of carbonyl (C=O) groups is 2. The number of hydrogen-bond donors (Lipinski definition) is 0. The number of amides is 2. The molecule has 1 aliphatic heterocycles. The number of imide groups is 1. The lowest BCUT2D eigenvalue weighted by Gasteiger charge is -2.17. The van der Waals surface area contributed by atoms with Gasteiger partial charge in [0.1, 0.15) is 0 Å². The van der Waals surface area contributed by atoms with Gasteiger partial charge in [0.05, 0.1) is 11.3 Å². The number of benzene rings is 1. The van der Waals surface area contributed by atoms with Crippen molar-refractivity contribution in [1.29, 1.82) is 0 Å². The molecule has 1 aromatic carbocycles. The minimum Gasteiger partial charge on any atom is -0.378 e. The highest BCUT2D eigenvalue weighted by atomic mass is 16.2. The molecule has 1 aromatic rings. The molecule has 2 aliphatic rings. The first-order valence-corrected chi connectivity index (χ1v) is 6.08. The van der Waals surface area contributed by atoms with Crippen molar-refractivity contribution in [2.75, 3.05) is 26.0 Å². The van der Waals surface area contributed by atoms with Gasteiger partial charge in [-0.3, -0.25) is 14.5 Å². The van der Waals surface area contributed by atoms with Crippen LogP contribution in [0.15, 0.2) is 24.3 Å². The van der Waals surface area contributed by atoms with Crippen LogP contribution in [-0.2, 0) is 15.0 Å². The molecule has 1 saturated heterocycles. The van der Waals surface area contributed by atoms with E-state index < -0.39 is 5.41 Å². The number of fused-ring (bicyclic) bond motifs is 1. The lowest BCUT2D eigenvalue weighted by atomic mass is 9.94. The lowest BCUT2D eigenvalue weighted by Crippen LogP contribution is -2.32. The molecule has 4 heteroatoms. The predicted molar refractivity (Wildman–Crippen MR) is 68.3 cm³/mol. The molecule has 1 saturated carbocycles. The van der Waals surface area contributed by atoms with Gasteiger partial charge in [0.2, 0.25) is 11.8 Å². The number of hydrogen-bond acceptors (Lipinski definition) is 3. The van der Waals surface area contributed by atoms with E-state index in [1.165, 1.54) is 4.90 Å². The molecule has 0 aromatic heterocycles. The van der Waals surface area contributed by atoms with E-state index in [9.17, 15) is 9.59 Å². The van der Waals surface area contributed by atoms with Gasteiger partial charge in [0.25, 0.3) is 0 Å². The maximum absolute atomic E-state index is 12.2. The minimum absolute atomic E-state index is 0.0308. The Bertz CT molecular complexity index is 535. The first kappa shape index (κ1) is 11.3. The van der Waals surface area contributed by atoms with E-state index in [1.807, 2.05) is 43.3 Å². The molecule has 0 radical (unpaired) electrons. The summed E-state index contributed by atoms with van der Waals surface area (Å²) >= 11 is 0. The van der Waals surface area contributed by atoms with E-state index >= 15 is 0 Å². The number of piperidine rings is 1. The van der Waals surface area contributed by atoms with E-state index in [-0.39, 0.29) is 17.7 Å². The van der Waals surface area contributed by atoms with Gasteiger partial charge in [-0.1, -0.05) is 12.1 Å². The molecule has 94 valence electrons. The highest BCUT2D eigenvalue weighted by Crippen LogP contribution is 2.60. The van der Waals surface area contributed by atoms with Crippen LogP contribution in [-0.4, -0.2) is 37.9 Å². The lowest BCUT2D eigenvalue weighted by molar-refractivity contribution is -0.140. The van der Waals surface area contributed by atoms with Crippen LogP contribution in [0.3, 0.4) is 0 Å². The normalized spacial score (nSPS) is 29.5. The van der Waals surface area contributed by atoms with E-state index in [2.05, 4.69) is 0 Å². The van der Waals surface area contributed by atoms with Crippen molar-refractivity contribution in [3.8, 4) is 0 Å². The maximum atomic E-state index is 12.2. The third-order valence-corrected chi connectivity index (χ3v) is 4.17. The minimum atomic E-state index is -0.545. The first-order chi connectivity index (χ1) is 8.48. The Morgan fingerprint density at radius 3 is 2.28 bits per heavy atom. The Balaban J connectivity index is 1.98. The molecule has 3 rings (SSSR count). The third-order valence-electron chi connectivity index (χ3n) is 4.17. The molecule has 1 aliphatic carbocycles. The van der Waals surface area contributed by atoms with Crippen LogP contribution < -0.4 is 4.90 Å². The Labute approximate surface area is 106 Å². The number of anilines is 1. The molecular weight excluding hydrogens is 228 g/mol. The van der Waals surface area contributed by atoms with Crippen molar-refractivity contribution in [3.05, 3.63) is 29.8 Å². The molecular formula is C14H16N2O2. The molecule has 0 bridgehead atoms. The average molecular weight is 244 g/mol. The van der Waals surface area contributed by atoms with Gasteiger partial charge < -0.3 is 4.90 Å². The molecule has 2 atom stereocenters. The summed E-state index contributed by atoms with van der Waals surface area (Å²) in [6.45, 7) is 0. The van der Waals surface area contributed by atoms with Crippen molar-refractivity contribution >= 4 is 17.5 Å². The number of carbonyl (C=O) groups excluding carboxylic acids is 2. The molecule has 2 fully saturated rings. The Morgan fingerprint density at radius 1 is 1.22 bits per heavy atom. The second-order valence-electron chi connectivity index (χ2n) is 5.37. The average Bonchev–Trinajstić information content (AvgIpc) is 3.08. The largest absolute Gasteiger partial charge is 0.378 e. The summed E-state index contributed by atoms with van der Waals surface area (Å²) in [5, 5.41) is 0. The van der Waals surface area contributed by atoms with Gasteiger partial charge in [-0.2, -0.15) is 0 Å². The van der Waals surface area contributed by atoms with Crippen LogP contribution in [0.25, 0.3) is 0 Å². The number of nitrogens with zero attached hydrogens (tertiary/aromatic N) is 2. The van der Waals surface area contributed by atoms with Crippen LogP contribution in [0, 0.1) is 5.92 Å². The summed E-state index contributed by atoms with van der Waals surface area (Å²) in [4.78, 5) is 27.3. The zero-order valence-corrected chi connectivity index (χ0v) is 10.8. The zero-order chi connectivity index (χ0) is 13.1. The fraction of sp³-hybridized carbons (Fsp3) is 0.429. The van der Waals surface area contributed by atoms with Crippen molar-refractivity contribution in [1.82, 2.24) is 4.90 Å². The fourth-order valence-corrected chi connectivity index (χ4v) is 2.93. The SMILES string of the molecule is CN1C(=O)C2CC2(c2ccc(N(C)C)cc2)C1=O. The number of likely N-dealkylation sites (tertiary alicyclic amines) is 1. The first-order valence-electron chi connectivity index (χ1n) is 6.08. The van der Waals surface area contributed by atoms with Gasteiger partial charge >= 0.3 is 0 Å². The molecule has 2 unspecified atom stereocenters. The van der Waals surface area contributed by atoms with Gasteiger partial charge in [-0.05, 0) is 24.1 Å². The molecule has 2 amide bonds. The predicted octanol–water partition coefficient (Wildman–Crippen LogP) is 1.01. The molecule has 1 heterocycles. The Hall–Kier alpha value is -1.84. The quantitative estimate of drug-likeness (QED) is 0.729. The monoisotopic (exact) mass is 244 g/mol. The van der Waals surface area contributed by atoms with E-state index in [1.54, 1.807) is 7.05 Å².